The fourth-order valence-corrected chi connectivity index (χ4v) is 1.41. The van der Waals surface area contributed by atoms with E-state index in [1.807, 2.05) is 6.92 Å². The number of nitro groups is 1. The van der Waals surface area contributed by atoms with Gasteiger partial charge in [0.1, 0.15) is 6.33 Å². The molecule has 0 radical (unpaired) electrons. The number of aliphatic hydroxyl groups excluding tert-OH is 1. The molecule has 0 saturated heterocycles. The van der Waals surface area contributed by atoms with Gasteiger partial charge in [-0.05, 0) is 12.8 Å². The van der Waals surface area contributed by atoms with Crippen LogP contribution in [-0.2, 0) is 0 Å². The minimum Gasteiger partial charge on any atom is -0.396 e. The van der Waals surface area contributed by atoms with Crippen molar-refractivity contribution in [3.63, 3.8) is 0 Å². The van der Waals surface area contributed by atoms with Gasteiger partial charge < -0.3 is 16.2 Å². The molecular weight excluding hydrogens is 226 g/mol. The van der Waals surface area contributed by atoms with Gasteiger partial charge in [0, 0.05) is 12.6 Å². The SMILES string of the molecule is CCC(CCO)Nc1ncnc(N)c1[N+](=O)[O-]. The van der Waals surface area contributed by atoms with Gasteiger partial charge in [-0.2, -0.15) is 0 Å². The maximum atomic E-state index is 10.8. The van der Waals surface area contributed by atoms with E-state index in [0.717, 1.165) is 6.33 Å². The summed E-state index contributed by atoms with van der Waals surface area (Å²) in [5.41, 5.74) is 5.10. The number of nitrogens with zero attached hydrogens (tertiary/aromatic N) is 3. The minimum absolute atomic E-state index is 0.000129. The Morgan fingerprint density at radius 3 is 2.88 bits per heavy atom. The fraction of sp³-hybridized carbons (Fsp3) is 0.556. The number of hydrogen-bond donors (Lipinski definition) is 3. The number of nitrogens with one attached hydrogen (secondary N) is 1. The van der Waals surface area contributed by atoms with E-state index in [2.05, 4.69) is 15.3 Å². The molecule has 1 atom stereocenters. The number of hydrogen-bond acceptors (Lipinski definition) is 7. The Labute approximate surface area is 98.0 Å². The second-order valence-corrected chi connectivity index (χ2v) is 3.48. The third kappa shape index (κ3) is 3.25. The molecule has 0 aromatic carbocycles. The van der Waals surface area contributed by atoms with E-state index in [0.29, 0.717) is 12.8 Å². The van der Waals surface area contributed by atoms with Gasteiger partial charge in [-0.1, -0.05) is 6.92 Å². The molecule has 1 aromatic rings. The average Bonchev–Trinajstić information content (AvgIpc) is 2.28. The first-order valence-electron chi connectivity index (χ1n) is 5.22. The van der Waals surface area contributed by atoms with Crippen LogP contribution < -0.4 is 11.1 Å². The quantitative estimate of drug-likeness (QED) is 0.489. The largest absolute Gasteiger partial charge is 0.396 e. The van der Waals surface area contributed by atoms with Crippen LogP contribution in [0.2, 0.25) is 0 Å². The molecule has 4 N–H and O–H groups in total. The number of nitrogens with two attached hydrogens (primary N) is 1. The summed E-state index contributed by atoms with van der Waals surface area (Å²) in [6.45, 7) is 1.91. The molecule has 1 rings (SSSR count). The summed E-state index contributed by atoms with van der Waals surface area (Å²) >= 11 is 0. The Morgan fingerprint density at radius 1 is 1.65 bits per heavy atom. The highest BCUT2D eigenvalue weighted by Gasteiger charge is 2.22. The Hall–Kier alpha value is -1.96. The third-order valence-corrected chi connectivity index (χ3v) is 2.34. The predicted octanol–water partition coefficient (Wildman–Crippen LogP) is 0.540. The average molecular weight is 241 g/mol. The second kappa shape index (κ2) is 5.94. The highest BCUT2D eigenvalue weighted by atomic mass is 16.6. The van der Waals surface area contributed by atoms with Crippen LogP contribution in [0.4, 0.5) is 17.3 Å². The van der Waals surface area contributed by atoms with Gasteiger partial charge >= 0.3 is 5.69 Å². The highest BCUT2D eigenvalue weighted by molar-refractivity contribution is 5.67. The van der Waals surface area contributed by atoms with Crippen LogP contribution in [-0.4, -0.2) is 32.6 Å². The maximum absolute atomic E-state index is 10.8. The van der Waals surface area contributed by atoms with Gasteiger partial charge in [-0.25, -0.2) is 9.97 Å². The molecule has 8 nitrogen and oxygen atoms in total. The summed E-state index contributed by atoms with van der Waals surface area (Å²) < 4.78 is 0. The second-order valence-electron chi connectivity index (χ2n) is 3.48. The monoisotopic (exact) mass is 241 g/mol. The number of nitrogen functional groups attached to an aromatic ring is 1. The molecule has 0 aliphatic carbocycles. The Kier molecular flexibility index (Phi) is 4.58. The first kappa shape index (κ1) is 13.1. The van der Waals surface area contributed by atoms with E-state index in [1.165, 1.54) is 0 Å². The van der Waals surface area contributed by atoms with Crippen molar-refractivity contribution in [3.8, 4) is 0 Å². The minimum atomic E-state index is -0.622. The van der Waals surface area contributed by atoms with Gasteiger partial charge in [0.2, 0.25) is 11.6 Å². The molecule has 0 aliphatic heterocycles. The number of rotatable bonds is 6. The molecule has 0 bridgehead atoms. The van der Waals surface area contributed by atoms with Crippen molar-refractivity contribution in [3.05, 3.63) is 16.4 Å². The Morgan fingerprint density at radius 2 is 2.35 bits per heavy atom. The zero-order chi connectivity index (χ0) is 12.8. The number of aromatic nitrogens is 2. The van der Waals surface area contributed by atoms with Gasteiger partial charge in [0.15, 0.2) is 0 Å². The zero-order valence-electron chi connectivity index (χ0n) is 9.46. The standard InChI is InChI=1S/C9H15N5O3/c1-2-6(3-4-15)13-9-7(14(16)17)8(10)11-5-12-9/h5-6,15H,2-4H2,1H3,(H3,10,11,12,13). The normalized spacial score (nSPS) is 12.1. The molecular formula is C9H15N5O3. The number of anilines is 2. The van der Waals surface area contributed by atoms with Crippen LogP contribution in [0.25, 0.3) is 0 Å². The molecule has 0 saturated carbocycles. The molecule has 0 aliphatic rings. The first-order chi connectivity index (χ1) is 8.10. The lowest BCUT2D eigenvalue weighted by Gasteiger charge is -2.16. The van der Waals surface area contributed by atoms with Crippen molar-refractivity contribution in [1.29, 1.82) is 0 Å². The summed E-state index contributed by atoms with van der Waals surface area (Å²) in [5, 5.41) is 22.6. The van der Waals surface area contributed by atoms with Crippen LogP contribution >= 0.6 is 0 Å². The van der Waals surface area contributed by atoms with Gasteiger partial charge in [0.25, 0.3) is 0 Å². The molecule has 94 valence electrons. The third-order valence-electron chi connectivity index (χ3n) is 2.34. The fourth-order valence-electron chi connectivity index (χ4n) is 1.41. The molecule has 8 heteroatoms. The summed E-state index contributed by atoms with van der Waals surface area (Å²) in [4.78, 5) is 17.6. The van der Waals surface area contributed by atoms with Crippen LogP contribution in [0.1, 0.15) is 19.8 Å². The molecule has 1 heterocycles. The van der Waals surface area contributed by atoms with E-state index in [-0.39, 0.29) is 30.0 Å². The van der Waals surface area contributed by atoms with E-state index >= 15 is 0 Å². The van der Waals surface area contributed by atoms with Crippen molar-refractivity contribution in [2.75, 3.05) is 17.7 Å². The first-order valence-corrected chi connectivity index (χ1v) is 5.22. The van der Waals surface area contributed by atoms with Gasteiger partial charge in [-0.3, -0.25) is 10.1 Å². The van der Waals surface area contributed by atoms with Crippen molar-refractivity contribution in [2.24, 2.45) is 0 Å². The topological polar surface area (TPSA) is 127 Å². The Balaban J connectivity index is 2.97. The molecule has 17 heavy (non-hydrogen) atoms. The van der Waals surface area contributed by atoms with E-state index < -0.39 is 4.92 Å². The van der Waals surface area contributed by atoms with Gasteiger partial charge in [0.05, 0.1) is 4.92 Å². The zero-order valence-corrected chi connectivity index (χ0v) is 9.46. The lowest BCUT2D eigenvalue weighted by atomic mass is 10.1. The van der Waals surface area contributed by atoms with E-state index in [1.54, 1.807) is 0 Å². The smallest absolute Gasteiger partial charge is 0.352 e. The maximum Gasteiger partial charge on any atom is 0.352 e. The molecule has 1 aromatic heterocycles. The van der Waals surface area contributed by atoms with Crippen LogP contribution in [0.5, 0.6) is 0 Å². The predicted molar refractivity (Wildman–Crippen MR) is 62.5 cm³/mol. The molecule has 0 spiro atoms. The summed E-state index contributed by atoms with van der Waals surface area (Å²) in [7, 11) is 0. The summed E-state index contributed by atoms with van der Waals surface area (Å²) in [5.74, 6) is -0.0887. The van der Waals surface area contributed by atoms with Crippen LogP contribution in [0, 0.1) is 10.1 Å². The lowest BCUT2D eigenvalue weighted by molar-refractivity contribution is -0.383. The molecule has 0 amide bonds. The van der Waals surface area contributed by atoms with Crippen molar-refractivity contribution >= 4 is 17.3 Å². The van der Waals surface area contributed by atoms with Crippen molar-refractivity contribution in [1.82, 2.24) is 9.97 Å². The van der Waals surface area contributed by atoms with Crippen LogP contribution in [0.3, 0.4) is 0 Å². The lowest BCUT2D eigenvalue weighted by Crippen LogP contribution is -2.21. The Bertz CT molecular complexity index is 398. The van der Waals surface area contributed by atoms with Crippen LogP contribution in [0.15, 0.2) is 6.33 Å². The molecule has 1 unspecified atom stereocenters. The van der Waals surface area contributed by atoms with Gasteiger partial charge in [-0.15, -0.1) is 0 Å². The molecule has 0 fully saturated rings. The number of aliphatic hydroxyl groups is 1. The highest BCUT2D eigenvalue weighted by Crippen LogP contribution is 2.27. The van der Waals surface area contributed by atoms with E-state index in [4.69, 9.17) is 10.8 Å². The summed E-state index contributed by atoms with van der Waals surface area (Å²) in [6.07, 6.45) is 2.36. The van der Waals surface area contributed by atoms with E-state index in [9.17, 15) is 10.1 Å². The summed E-state index contributed by atoms with van der Waals surface area (Å²) in [6, 6.07) is -0.0898. The van der Waals surface area contributed by atoms with Crippen molar-refractivity contribution < 1.29 is 10.0 Å². The van der Waals surface area contributed by atoms with Crippen molar-refractivity contribution in [2.45, 2.75) is 25.8 Å².